The predicted octanol–water partition coefficient (Wildman–Crippen LogP) is 0.860. The molecule has 30 heavy (non-hydrogen) atoms. The number of aliphatic carboxylic acids is 1. The van der Waals surface area contributed by atoms with Crippen molar-refractivity contribution in [3.05, 3.63) is 35.9 Å². The van der Waals surface area contributed by atoms with Gasteiger partial charge in [0.05, 0.1) is 17.6 Å². The van der Waals surface area contributed by atoms with Crippen LogP contribution in [0.25, 0.3) is 0 Å². The van der Waals surface area contributed by atoms with Gasteiger partial charge < -0.3 is 26.4 Å². The fourth-order valence-electron chi connectivity index (χ4n) is 4.17. The number of hydrogen-bond donors (Lipinski definition) is 4. The third-order valence-electron chi connectivity index (χ3n) is 5.89. The number of nitrogens with zero attached hydrogens (tertiary/aromatic N) is 5. The number of carbonyl (C=O) groups is 1. The molecule has 2 aliphatic heterocycles. The number of piperidine rings is 1. The summed E-state index contributed by atoms with van der Waals surface area (Å²) in [4.78, 5) is 28.4. The minimum atomic E-state index is -0.963. The Morgan fingerprint density at radius 3 is 2.73 bits per heavy atom. The maximum atomic E-state index is 11.1. The minimum absolute atomic E-state index is 0.0516. The normalized spacial score (nSPS) is 18.0. The van der Waals surface area contributed by atoms with Gasteiger partial charge in [-0.05, 0) is 43.7 Å². The molecule has 2 aliphatic rings. The van der Waals surface area contributed by atoms with Crippen LogP contribution < -0.4 is 21.3 Å². The summed E-state index contributed by atoms with van der Waals surface area (Å²) in [6.07, 6.45) is 6.54. The van der Waals surface area contributed by atoms with Crippen LogP contribution in [0.1, 0.15) is 30.7 Å². The maximum absolute atomic E-state index is 11.1. The first kappa shape index (κ1) is 20.0. The number of hydrogen-bond acceptors (Lipinski definition) is 8. The monoisotopic (exact) mass is 410 g/mol. The van der Waals surface area contributed by atoms with Crippen molar-refractivity contribution in [3.8, 4) is 0 Å². The largest absolute Gasteiger partial charge is 0.480 e. The quantitative estimate of drug-likeness (QED) is 0.423. The van der Waals surface area contributed by atoms with Gasteiger partial charge in [0, 0.05) is 25.8 Å². The third-order valence-corrected chi connectivity index (χ3v) is 5.89. The van der Waals surface area contributed by atoms with E-state index in [0.29, 0.717) is 44.0 Å². The molecule has 0 aromatic carbocycles. The summed E-state index contributed by atoms with van der Waals surface area (Å²) in [7, 11) is 0. The highest BCUT2D eigenvalue weighted by Gasteiger charge is 2.30. The summed E-state index contributed by atoms with van der Waals surface area (Å²) in [5, 5.41) is 17.8. The molecule has 1 saturated heterocycles. The molecule has 2 aromatic heterocycles. The zero-order valence-corrected chi connectivity index (χ0v) is 16.7. The van der Waals surface area contributed by atoms with Crippen LogP contribution in [0.15, 0.2) is 24.5 Å². The lowest BCUT2D eigenvalue weighted by atomic mass is 9.90. The van der Waals surface area contributed by atoms with E-state index in [4.69, 9.17) is 22.0 Å². The molecule has 0 radical (unpaired) electrons. The second-order valence-electron chi connectivity index (χ2n) is 7.72. The molecule has 0 bridgehead atoms. The van der Waals surface area contributed by atoms with Gasteiger partial charge in [-0.3, -0.25) is 15.2 Å². The van der Waals surface area contributed by atoms with Gasteiger partial charge in [0.15, 0.2) is 11.7 Å². The van der Waals surface area contributed by atoms with Crippen molar-refractivity contribution < 1.29 is 9.90 Å². The fraction of sp³-hybridized carbons (Fsp3) is 0.450. The molecule has 0 unspecified atom stereocenters. The summed E-state index contributed by atoms with van der Waals surface area (Å²) < 4.78 is 0. The number of pyridine rings is 1. The lowest BCUT2D eigenvalue weighted by molar-refractivity contribution is -0.140. The second-order valence-corrected chi connectivity index (χ2v) is 7.72. The Morgan fingerprint density at radius 1 is 1.27 bits per heavy atom. The van der Waals surface area contributed by atoms with E-state index in [1.165, 1.54) is 0 Å². The van der Waals surface area contributed by atoms with Gasteiger partial charge in [-0.15, -0.1) is 0 Å². The average molecular weight is 410 g/mol. The highest BCUT2D eigenvalue weighted by molar-refractivity contribution is 6.09. The standard InChI is InChI=1S/C20H26N8O2/c21-16(20(29)30)12-5-9-27(10-6-12)15-11-25-17(18(22)26-15)19(23)28-8-2-3-13-14(28)4-1-7-24-13/h1,4,7,11-12,16,23H,2-3,5-6,8-10,21H2,(H2,22,26)(H,29,30)/t16-/m1/s1. The number of rotatable bonds is 4. The molecule has 2 aromatic rings. The van der Waals surface area contributed by atoms with Crippen LogP contribution in [0, 0.1) is 11.3 Å². The van der Waals surface area contributed by atoms with Gasteiger partial charge in [0.25, 0.3) is 0 Å². The topological polar surface area (TPSA) is 158 Å². The van der Waals surface area contributed by atoms with E-state index in [1.807, 2.05) is 21.9 Å². The van der Waals surface area contributed by atoms with E-state index >= 15 is 0 Å². The molecule has 4 rings (SSSR count). The van der Waals surface area contributed by atoms with Gasteiger partial charge in [-0.2, -0.15) is 0 Å². The Morgan fingerprint density at radius 2 is 2.03 bits per heavy atom. The molecule has 158 valence electrons. The number of nitrogens with one attached hydrogen (secondary N) is 1. The summed E-state index contributed by atoms with van der Waals surface area (Å²) in [6.45, 7) is 1.99. The van der Waals surface area contributed by atoms with Crippen molar-refractivity contribution >= 4 is 29.1 Å². The SMILES string of the molecule is N=C(c1ncc(N2CCC([C@@H](N)C(=O)O)CC2)nc1N)N1CCCc2ncccc21. The lowest BCUT2D eigenvalue weighted by Crippen LogP contribution is -2.45. The molecular formula is C20H26N8O2. The highest BCUT2D eigenvalue weighted by atomic mass is 16.4. The second kappa shape index (κ2) is 8.23. The number of aromatic nitrogens is 3. The Hall–Kier alpha value is -3.27. The van der Waals surface area contributed by atoms with Crippen molar-refractivity contribution in [1.29, 1.82) is 5.41 Å². The fourth-order valence-corrected chi connectivity index (χ4v) is 4.17. The molecule has 0 aliphatic carbocycles. The smallest absolute Gasteiger partial charge is 0.320 e. The summed E-state index contributed by atoms with van der Waals surface area (Å²) in [5.41, 5.74) is 14.2. The number of carboxylic acids is 1. The summed E-state index contributed by atoms with van der Waals surface area (Å²) in [5.74, 6) is 0.0377. The van der Waals surface area contributed by atoms with Crippen molar-refractivity contribution in [2.75, 3.05) is 35.2 Å². The van der Waals surface area contributed by atoms with E-state index in [1.54, 1.807) is 12.4 Å². The number of nitrogen functional groups attached to an aromatic ring is 1. The molecule has 0 spiro atoms. The molecule has 10 heteroatoms. The summed E-state index contributed by atoms with van der Waals surface area (Å²) >= 11 is 0. The molecule has 0 amide bonds. The first-order valence-corrected chi connectivity index (χ1v) is 10.1. The van der Waals surface area contributed by atoms with Crippen LogP contribution in [0.5, 0.6) is 0 Å². The molecule has 4 heterocycles. The van der Waals surface area contributed by atoms with Crippen LogP contribution in [0.4, 0.5) is 17.3 Å². The van der Waals surface area contributed by atoms with Gasteiger partial charge in [0.1, 0.15) is 17.6 Å². The Kier molecular flexibility index (Phi) is 5.49. The molecule has 10 nitrogen and oxygen atoms in total. The predicted molar refractivity (Wildman–Crippen MR) is 114 cm³/mol. The molecule has 6 N–H and O–H groups in total. The Balaban J connectivity index is 1.48. The van der Waals surface area contributed by atoms with Gasteiger partial charge in [-0.25, -0.2) is 9.97 Å². The Bertz CT molecular complexity index is 958. The number of fused-ring (bicyclic) bond motifs is 1. The number of anilines is 3. The van der Waals surface area contributed by atoms with Crippen molar-refractivity contribution in [1.82, 2.24) is 15.0 Å². The molecular weight excluding hydrogens is 384 g/mol. The average Bonchev–Trinajstić information content (AvgIpc) is 2.77. The van der Waals surface area contributed by atoms with E-state index < -0.39 is 12.0 Å². The Labute approximate surface area is 174 Å². The van der Waals surface area contributed by atoms with Gasteiger partial charge in [-0.1, -0.05) is 0 Å². The first-order valence-electron chi connectivity index (χ1n) is 10.1. The highest BCUT2D eigenvalue weighted by Crippen LogP contribution is 2.28. The first-order chi connectivity index (χ1) is 14.5. The molecule has 1 atom stereocenters. The van der Waals surface area contributed by atoms with Gasteiger partial charge >= 0.3 is 5.97 Å². The van der Waals surface area contributed by atoms with Crippen molar-refractivity contribution in [2.24, 2.45) is 11.7 Å². The van der Waals surface area contributed by atoms with E-state index in [0.717, 1.165) is 24.2 Å². The zero-order chi connectivity index (χ0) is 21.3. The minimum Gasteiger partial charge on any atom is -0.480 e. The maximum Gasteiger partial charge on any atom is 0.320 e. The van der Waals surface area contributed by atoms with E-state index in [9.17, 15) is 4.79 Å². The molecule has 0 saturated carbocycles. The number of amidine groups is 1. The number of carboxylic acid groups (broad SMARTS) is 1. The zero-order valence-electron chi connectivity index (χ0n) is 16.7. The van der Waals surface area contributed by atoms with Crippen LogP contribution in [0.3, 0.4) is 0 Å². The lowest BCUT2D eigenvalue weighted by Gasteiger charge is -2.34. The summed E-state index contributed by atoms with van der Waals surface area (Å²) in [6, 6.07) is 2.98. The number of nitrogens with two attached hydrogens (primary N) is 2. The van der Waals surface area contributed by atoms with Crippen LogP contribution >= 0.6 is 0 Å². The van der Waals surface area contributed by atoms with Crippen molar-refractivity contribution in [2.45, 2.75) is 31.7 Å². The van der Waals surface area contributed by atoms with E-state index in [-0.39, 0.29) is 17.6 Å². The van der Waals surface area contributed by atoms with Gasteiger partial charge in [0.2, 0.25) is 0 Å². The molecule has 1 fully saturated rings. The number of aryl methyl sites for hydroxylation is 1. The van der Waals surface area contributed by atoms with Crippen LogP contribution in [-0.2, 0) is 11.2 Å². The van der Waals surface area contributed by atoms with Crippen molar-refractivity contribution in [3.63, 3.8) is 0 Å². The van der Waals surface area contributed by atoms with Crippen LogP contribution in [0.2, 0.25) is 0 Å². The van der Waals surface area contributed by atoms with Crippen LogP contribution in [-0.4, -0.2) is 57.5 Å². The van der Waals surface area contributed by atoms with E-state index in [2.05, 4.69) is 15.0 Å². The third kappa shape index (κ3) is 3.78.